The van der Waals surface area contributed by atoms with E-state index in [0.717, 1.165) is 22.3 Å². The smallest absolute Gasteiger partial charge is 0.302 e. The average molecular weight is 699 g/mol. The molecule has 0 aliphatic carbocycles. The molecule has 0 saturated carbocycles. The first-order chi connectivity index (χ1) is 21.1. The third-order valence-corrected chi connectivity index (χ3v) is 10.7. The number of thioether (sulfide) groups is 1. The van der Waals surface area contributed by atoms with Crippen LogP contribution in [0.5, 0.6) is 0 Å². The van der Waals surface area contributed by atoms with Crippen LogP contribution in [-0.2, 0) is 32.3 Å². The van der Waals surface area contributed by atoms with Crippen molar-refractivity contribution in [3.05, 3.63) is 74.9 Å². The lowest BCUT2D eigenvalue weighted by Gasteiger charge is -2.14. The number of aromatic nitrogens is 3. The largest absolute Gasteiger partial charge is 0.416 e. The monoisotopic (exact) mass is 698 g/mol. The number of benzene rings is 2. The molecule has 0 spiro atoms. The summed E-state index contributed by atoms with van der Waals surface area (Å²) < 4.78 is 69.8. The number of amides is 3. The number of fused-ring (bicyclic) bond motifs is 1. The fourth-order valence-corrected chi connectivity index (χ4v) is 8.03. The fourth-order valence-electron chi connectivity index (χ4n) is 4.47. The number of hydrogen-bond acceptors (Lipinski definition) is 9. The minimum atomic E-state index is -4.59. The van der Waals surface area contributed by atoms with Gasteiger partial charge in [-0.15, -0.1) is 0 Å². The van der Waals surface area contributed by atoms with Crippen LogP contribution in [0, 0.1) is 6.92 Å². The molecule has 45 heavy (non-hydrogen) atoms. The van der Waals surface area contributed by atoms with E-state index in [0.29, 0.717) is 28.2 Å². The Morgan fingerprint density at radius 2 is 1.91 bits per heavy atom. The molecule has 1 saturated heterocycles. The zero-order chi connectivity index (χ0) is 32.7. The highest BCUT2D eigenvalue weighted by Crippen LogP contribution is 2.35. The maximum Gasteiger partial charge on any atom is 0.416 e. The first kappa shape index (κ1) is 32.6. The zero-order valence-corrected chi connectivity index (χ0v) is 26.5. The van der Waals surface area contributed by atoms with Gasteiger partial charge in [0.1, 0.15) is 0 Å². The number of aryl methyl sites for hydroxylation is 1. The summed E-state index contributed by atoms with van der Waals surface area (Å²) >= 11 is 7.25. The van der Waals surface area contributed by atoms with E-state index >= 15 is 0 Å². The van der Waals surface area contributed by atoms with Crippen LogP contribution in [0.2, 0.25) is 5.02 Å². The Hall–Kier alpha value is -3.77. The molecule has 4 aromatic rings. The van der Waals surface area contributed by atoms with Crippen molar-refractivity contribution < 1.29 is 36.0 Å². The van der Waals surface area contributed by atoms with E-state index in [2.05, 4.69) is 20.1 Å². The number of hydrogen-bond donors (Lipinski definition) is 2. The first-order valence-electron chi connectivity index (χ1n) is 12.9. The van der Waals surface area contributed by atoms with Gasteiger partial charge >= 0.3 is 6.18 Å². The summed E-state index contributed by atoms with van der Waals surface area (Å²) in [5.74, 6) is -1.01. The Balaban J connectivity index is 1.26. The second-order valence-corrected chi connectivity index (χ2v) is 14.1. The van der Waals surface area contributed by atoms with Crippen molar-refractivity contribution >= 4 is 83.9 Å². The highest BCUT2D eigenvalue weighted by Gasteiger charge is 2.36. The molecule has 1 fully saturated rings. The molecule has 1 aliphatic heterocycles. The Morgan fingerprint density at radius 1 is 1.16 bits per heavy atom. The van der Waals surface area contributed by atoms with Gasteiger partial charge in [0.2, 0.25) is 5.91 Å². The van der Waals surface area contributed by atoms with Gasteiger partial charge in [-0.2, -0.15) is 18.3 Å². The van der Waals surface area contributed by atoms with E-state index in [9.17, 15) is 36.0 Å². The van der Waals surface area contributed by atoms with E-state index < -0.39 is 38.8 Å². The van der Waals surface area contributed by atoms with Gasteiger partial charge in [-0.05, 0) is 60.2 Å². The third-order valence-electron chi connectivity index (χ3n) is 6.44. The van der Waals surface area contributed by atoms with E-state index in [-0.39, 0.29) is 50.2 Å². The Bertz CT molecular complexity index is 1990. The van der Waals surface area contributed by atoms with E-state index in [1.54, 1.807) is 18.2 Å². The maximum atomic E-state index is 13.6. The van der Waals surface area contributed by atoms with Crippen LogP contribution in [0.1, 0.15) is 29.3 Å². The second-order valence-electron chi connectivity index (χ2n) is 9.72. The fraction of sp³-hybridized carbons (Fsp3) is 0.222. The van der Waals surface area contributed by atoms with Gasteiger partial charge in [-0.25, -0.2) is 18.1 Å². The summed E-state index contributed by atoms with van der Waals surface area (Å²) in [7, 11) is -4.03. The Morgan fingerprint density at radius 3 is 2.62 bits per heavy atom. The van der Waals surface area contributed by atoms with Crippen LogP contribution in [-0.4, -0.2) is 58.2 Å². The molecule has 236 valence electrons. The SMILES string of the molecule is CC(=O)Nc1nc(C)c(S(=O)(=O)NCCN2C(=O)SC(=Cc3ccc4c(cnn4Cc4ccc(Cl)cc4C(F)(F)F)c3)C2=O)s1. The van der Waals surface area contributed by atoms with Crippen molar-refractivity contribution in [3.8, 4) is 0 Å². The molecular formula is C27H22ClF3N6O5S3. The number of carbonyl (C=O) groups is 3. The van der Waals surface area contributed by atoms with Crippen LogP contribution >= 0.6 is 34.7 Å². The third kappa shape index (κ3) is 7.22. The number of nitrogens with one attached hydrogen (secondary N) is 2. The van der Waals surface area contributed by atoms with Gasteiger partial charge in [-0.3, -0.25) is 24.0 Å². The summed E-state index contributed by atoms with van der Waals surface area (Å²) in [5.41, 5.74) is 0.425. The summed E-state index contributed by atoms with van der Waals surface area (Å²) in [4.78, 5) is 41.9. The molecule has 0 radical (unpaired) electrons. The van der Waals surface area contributed by atoms with Crippen LogP contribution in [0.4, 0.5) is 23.1 Å². The van der Waals surface area contributed by atoms with Crippen molar-refractivity contribution in [2.24, 2.45) is 0 Å². The molecule has 3 heterocycles. The van der Waals surface area contributed by atoms with Crippen LogP contribution < -0.4 is 10.0 Å². The number of carbonyl (C=O) groups excluding carboxylic acids is 3. The van der Waals surface area contributed by atoms with Crippen molar-refractivity contribution in [3.63, 3.8) is 0 Å². The van der Waals surface area contributed by atoms with Crippen LogP contribution in [0.25, 0.3) is 17.0 Å². The number of sulfonamides is 1. The lowest BCUT2D eigenvalue weighted by molar-refractivity contribution is -0.138. The number of imide groups is 1. The molecule has 3 amide bonds. The van der Waals surface area contributed by atoms with Gasteiger partial charge in [-0.1, -0.05) is 35.1 Å². The molecule has 2 aromatic heterocycles. The predicted molar refractivity (Wildman–Crippen MR) is 164 cm³/mol. The maximum absolute atomic E-state index is 13.6. The summed E-state index contributed by atoms with van der Waals surface area (Å²) in [6, 6.07) is 8.52. The van der Waals surface area contributed by atoms with Gasteiger partial charge in [0.05, 0.1) is 34.4 Å². The van der Waals surface area contributed by atoms with Crippen molar-refractivity contribution in [2.75, 3.05) is 18.4 Å². The van der Waals surface area contributed by atoms with Crippen LogP contribution in [0.15, 0.2) is 51.7 Å². The van der Waals surface area contributed by atoms with Crippen molar-refractivity contribution in [2.45, 2.75) is 30.8 Å². The lowest BCUT2D eigenvalue weighted by Crippen LogP contribution is -2.37. The van der Waals surface area contributed by atoms with E-state index in [4.69, 9.17) is 11.6 Å². The Labute approximate surface area is 267 Å². The molecule has 0 atom stereocenters. The van der Waals surface area contributed by atoms with Gasteiger partial charge in [0, 0.05) is 30.4 Å². The summed E-state index contributed by atoms with van der Waals surface area (Å²) in [5, 5.41) is 6.77. The average Bonchev–Trinajstić information content (AvgIpc) is 3.60. The number of thiazole rings is 1. The van der Waals surface area contributed by atoms with Gasteiger partial charge in [0.15, 0.2) is 9.34 Å². The molecule has 11 nitrogen and oxygen atoms in total. The second kappa shape index (κ2) is 12.6. The number of anilines is 1. The molecule has 2 aromatic carbocycles. The van der Waals surface area contributed by atoms with Crippen molar-refractivity contribution in [1.82, 2.24) is 24.4 Å². The highest BCUT2D eigenvalue weighted by molar-refractivity contribution is 8.18. The normalized spacial score (nSPS) is 15.1. The topological polar surface area (TPSA) is 143 Å². The first-order valence-corrected chi connectivity index (χ1v) is 16.4. The number of rotatable bonds is 9. The summed E-state index contributed by atoms with van der Waals surface area (Å²) in [6.45, 7) is 2.10. The van der Waals surface area contributed by atoms with Crippen molar-refractivity contribution in [1.29, 1.82) is 0 Å². The molecule has 18 heteroatoms. The molecule has 1 aliphatic rings. The summed E-state index contributed by atoms with van der Waals surface area (Å²) in [6.07, 6.45) is -1.61. The van der Waals surface area contributed by atoms with E-state index in [1.165, 1.54) is 42.9 Å². The number of nitrogens with zero attached hydrogens (tertiary/aromatic N) is 4. The lowest BCUT2D eigenvalue weighted by atomic mass is 10.1. The highest BCUT2D eigenvalue weighted by atomic mass is 35.5. The van der Waals surface area contributed by atoms with E-state index in [1.807, 2.05) is 0 Å². The van der Waals surface area contributed by atoms with Crippen LogP contribution in [0.3, 0.4) is 0 Å². The number of alkyl halides is 3. The molecule has 0 bridgehead atoms. The zero-order valence-electron chi connectivity index (χ0n) is 23.3. The minimum Gasteiger partial charge on any atom is -0.302 e. The van der Waals surface area contributed by atoms with Gasteiger partial charge in [0.25, 0.3) is 21.2 Å². The molecular weight excluding hydrogens is 677 g/mol. The quantitative estimate of drug-likeness (QED) is 0.218. The van der Waals surface area contributed by atoms with Gasteiger partial charge < -0.3 is 5.32 Å². The molecule has 2 N–H and O–H groups in total. The molecule has 5 rings (SSSR count). The number of halogens is 4. The predicted octanol–water partition coefficient (Wildman–Crippen LogP) is 5.49. The minimum absolute atomic E-state index is 0.00568. The standard InChI is InChI=1S/C27H22ClF3N6O5S3/c1-14-24(44-25(34-14)35-15(2)38)45(41,42)33-7-8-36-23(39)22(43-26(36)40)10-16-3-6-21-18(9-16)12-32-37(21)13-17-4-5-19(28)11-20(17)27(29,30)31/h3-6,9-12,33H,7-8,13H2,1-2H3,(H,34,35,38). The molecule has 0 unspecified atom stereocenters. The Kier molecular flexibility index (Phi) is 9.10.